The normalized spacial score (nSPS) is 10.8. The highest BCUT2D eigenvalue weighted by Crippen LogP contribution is 2.38. The first-order valence-corrected chi connectivity index (χ1v) is 14.0. The largest absolute Gasteiger partial charge is 0.496 e. The van der Waals surface area contributed by atoms with E-state index in [1.807, 2.05) is 84.9 Å². The molecule has 0 aliphatic rings. The topological polar surface area (TPSA) is 36.9 Å². The van der Waals surface area contributed by atoms with Crippen LogP contribution in [0.2, 0.25) is 0 Å². The molecule has 0 heterocycles. The monoisotopic (exact) mass is 552 g/mol. The number of hydrogen-bond donors (Lipinski definition) is 0. The summed E-state index contributed by atoms with van der Waals surface area (Å²) >= 11 is 0. The van der Waals surface area contributed by atoms with Crippen LogP contribution in [0.1, 0.15) is 22.3 Å². The molecule has 4 nitrogen and oxygen atoms in total. The van der Waals surface area contributed by atoms with Crippen molar-refractivity contribution in [3.63, 3.8) is 0 Å². The zero-order valence-corrected chi connectivity index (χ0v) is 23.7. The van der Waals surface area contributed by atoms with Gasteiger partial charge in [-0.3, -0.25) is 0 Å². The summed E-state index contributed by atoms with van der Waals surface area (Å²) < 4.78 is 23.8. The van der Waals surface area contributed by atoms with Crippen molar-refractivity contribution in [3.05, 3.63) is 156 Å². The minimum absolute atomic E-state index is 0.705. The van der Waals surface area contributed by atoms with E-state index in [-0.39, 0.29) is 0 Å². The Morgan fingerprint density at radius 2 is 0.786 bits per heavy atom. The molecule has 0 N–H and O–H groups in total. The molecule has 0 fully saturated rings. The molecule has 0 aromatic heterocycles. The fourth-order valence-electron chi connectivity index (χ4n) is 5.27. The molecular formula is C38H32O4. The molecule has 0 atom stereocenters. The molecule has 0 amide bonds. The molecule has 4 heteroatoms. The number of benzene rings is 6. The van der Waals surface area contributed by atoms with Gasteiger partial charge in [0, 0.05) is 24.0 Å². The van der Waals surface area contributed by atoms with Crippen LogP contribution in [0.5, 0.6) is 34.5 Å². The van der Waals surface area contributed by atoms with Gasteiger partial charge in [0.05, 0.1) is 14.2 Å². The Hall–Kier alpha value is -5.22. The van der Waals surface area contributed by atoms with E-state index in [9.17, 15) is 0 Å². The predicted molar refractivity (Wildman–Crippen MR) is 169 cm³/mol. The molecule has 0 unspecified atom stereocenters. The molecule has 0 spiro atoms. The van der Waals surface area contributed by atoms with Crippen LogP contribution < -0.4 is 18.9 Å². The van der Waals surface area contributed by atoms with Crippen molar-refractivity contribution in [2.24, 2.45) is 0 Å². The van der Waals surface area contributed by atoms with Crippen LogP contribution in [0.4, 0.5) is 0 Å². The lowest BCUT2D eigenvalue weighted by Crippen LogP contribution is -2.01. The van der Waals surface area contributed by atoms with Crippen molar-refractivity contribution < 1.29 is 18.9 Å². The van der Waals surface area contributed by atoms with Gasteiger partial charge < -0.3 is 18.9 Å². The van der Waals surface area contributed by atoms with Gasteiger partial charge in [-0.05, 0) is 82.6 Å². The summed E-state index contributed by atoms with van der Waals surface area (Å²) in [5.41, 5.74) is 4.59. The number of ether oxygens (including phenoxy) is 4. The number of hydrogen-bond acceptors (Lipinski definition) is 4. The lowest BCUT2D eigenvalue weighted by atomic mass is 9.90. The maximum absolute atomic E-state index is 6.01. The van der Waals surface area contributed by atoms with Crippen molar-refractivity contribution in [3.8, 4) is 34.5 Å². The maximum atomic E-state index is 6.01. The van der Waals surface area contributed by atoms with E-state index in [1.54, 1.807) is 14.2 Å². The van der Waals surface area contributed by atoms with E-state index in [0.29, 0.717) is 12.8 Å². The summed E-state index contributed by atoms with van der Waals surface area (Å²) in [5.74, 6) is 4.95. The van der Waals surface area contributed by atoms with Gasteiger partial charge in [-0.15, -0.1) is 0 Å². The van der Waals surface area contributed by atoms with Gasteiger partial charge in [0.1, 0.15) is 34.5 Å². The van der Waals surface area contributed by atoms with Crippen molar-refractivity contribution in [2.45, 2.75) is 12.8 Å². The van der Waals surface area contributed by atoms with Crippen LogP contribution in [-0.4, -0.2) is 14.2 Å². The van der Waals surface area contributed by atoms with Crippen LogP contribution in [0.25, 0.3) is 10.8 Å². The molecule has 42 heavy (non-hydrogen) atoms. The fraction of sp³-hybridized carbons (Fsp3) is 0.105. The van der Waals surface area contributed by atoms with Gasteiger partial charge in [-0.25, -0.2) is 0 Å². The zero-order chi connectivity index (χ0) is 28.7. The minimum atomic E-state index is 0.705. The second-order valence-electron chi connectivity index (χ2n) is 10.1. The lowest BCUT2D eigenvalue weighted by molar-refractivity contribution is 0.409. The molecule has 0 saturated heterocycles. The van der Waals surface area contributed by atoms with Gasteiger partial charge in [0.15, 0.2) is 0 Å². The van der Waals surface area contributed by atoms with Gasteiger partial charge in [0.2, 0.25) is 0 Å². The van der Waals surface area contributed by atoms with Gasteiger partial charge in [0.25, 0.3) is 0 Å². The second kappa shape index (κ2) is 12.5. The van der Waals surface area contributed by atoms with Crippen LogP contribution >= 0.6 is 0 Å². The van der Waals surface area contributed by atoms with Crippen LogP contribution in [0.15, 0.2) is 133 Å². The molecule has 6 aromatic carbocycles. The minimum Gasteiger partial charge on any atom is -0.496 e. The summed E-state index contributed by atoms with van der Waals surface area (Å²) in [6.07, 6.45) is 1.41. The van der Waals surface area contributed by atoms with Crippen LogP contribution in [0.3, 0.4) is 0 Å². The van der Waals surface area contributed by atoms with Gasteiger partial charge in [-0.1, -0.05) is 72.8 Å². The first-order chi connectivity index (χ1) is 20.7. The molecule has 6 rings (SSSR count). The Kier molecular flexibility index (Phi) is 8.05. The molecule has 0 aliphatic heterocycles. The Morgan fingerprint density at radius 3 is 1.17 bits per heavy atom. The quantitative estimate of drug-likeness (QED) is 0.170. The first kappa shape index (κ1) is 27.0. The van der Waals surface area contributed by atoms with E-state index in [0.717, 1.165) is 67.5 Å². The Bertz CT molecular complexity index is 1630. The molecule has 0 radical (unpaired) electrons. The van der Waals surface area contributed by atoms with Crippen molar-refractivity contribution in [1.82, 2.24) is 0 Å². The van der Waals surface area contributed by atoms with E-state index in [4.69, 9.17) is 18.9 Å². The van der Waals surface area contributed by atoms with E-state index >= 15 is 0 Å². The third-order valence-corrected chi connectivity index (χ3v) is 7.32. The van der Waals surface area contributed by atoms with Crippen LogP contribution in [0, 0.1) is 0 Å². The highest BCUT2D eigenvalue weighted by Gasteiger charge is 2.17. The van der Waals surface area contributed by atoms with E-state index in [1.165, 1.54) is 0 Å². The zero-order valence-electron chi connectivity index (χ0n) is 23.7. The van der Waals surface area contributed by atoms with Crippen molar-refractivity contribution in [2.75, 3.05) is 14.2 Å². The summed E-state index contributed by atoms with van der Waals surface area (Å²) in [5, 5.41) is 2.30. The van der Waals surface area contributed by atoms with Gasteiger partial charge >= 0.3 is 0 Å². The molecule has 0 aliphatic carbocycles. The predicted octanol–water partition coefficient (Wildman–Crippen LogP) is 9.62. The smallest absolute Gasteiger partial charge is 0.127 e. The van der Waals surface area contributed by atoms with E-state index in [2.05, 4.69) is 48.5 Å². The second-order valence-corrected chi connectivity index (χ2v) is 10.1. The Morgan fingerprint density at radius 1 is 0.405 bits per heavy atom. The third kappa shape index (κ3) is 6.08. The van der Waals surface area contributed by atoms with E-state index < -0.39 is 0 Å². The fourth-order valence-corrected chi connectivity index (χ4v) is 5.27. The molecule has 6 aromatic rings. The first-order valence-electron chi connectivity index (χ1n) is 14.0. The summed E-state index contributed by atoms with van der Waals surface area (Å²) in [6, 6.07) is 44.5. The molecule has 0 saturated carbocycles. The SMILES string of the molecule is COc1ccc2ccc(OC)c(Cc3ccc(Oc4ccccc4)cc3)c2c1Cc1ccc(Oc2ccccc2)cc1. The van der Waals surface area contributed by atoms with Gasteiger partial charge in [-0.2, -0.15) is 0 Å². The average molecular weight is 553 g/mol. The summed E-state index contributed by atoms with van der Waals surface area (Å²) in [4.78, 5) is 0. The summed E-state index contributed by atoms with van der Waals surface area (Å²) in [7, 11) is 3.46. The Labute approximate surface area is 246 Å². The number of fused-ring (bicyclic) bond motifs is 1. The molecule has 0 bridgehead atoms. The lowest BCUT2D eigenvalue weighted by Gasteiger charge is -2.18. The number of methoxy groups -OCH3 is 2. The standard InChI is InChI=1S/C38H32O4/c1-39-36-23-17-29-18-24-37(40-2)35(26-28-15-21-33(22-16-28)42-31-11-7-4-8-12-31)38(29)34(36)25-27-13-19-32(20-14-27)41-30-9-5-3-6-10-30/h3-24H,25-26H2,1-2H3. The number of rotatable bonds is 10. The maximum Gasteiger partial charge on any atom is 0.127 e. The Balaban J connectivity index is 1.32. The summed E-state index contributed by atoms with van der Waals surface area (Å²) in [6.45, 7) is 0. The number of para-hydroxylation sites is 2. The highest BCUT2D eigenvalue weighted by molar-refractivity contribution is 5.93. The molecule has 208 valence electrons. The highest BCUT2D eigenvalue weighted by atomic mass is 16.5. The van der Waals surface area contributed by atoms with Crippen molar-refractivity contribution in [1.29, 1.82) is 0 Å². The van der Waals surface area contributed by atoms with Crippen molar-refractivity contribution >= 4 is 10.8 Å². The van der Waals surface area contributed by atoms with Crippen LogP contribution in [-0.2, 0) is 12.8 Å². The molecular weight excluding hydrogens is 520 g/mol. The average Bonchev–Trinajstić information content (AvgIpc) is 3.04. The third-order valence-electron chi connectivity index (χ3n) is 7.32.